The molecule has 326 valence electrons. The fourth-order valence-corrected chi connectivity index (χ4v) is 12.3. The molecule has 3 aliphatic rings. The topological polar surface area (TPSA) is 3.24 Å². The summed E-state index contributed by atoms with van der Waals surface area (Å²) in [6.45, 7) is 9.66. The molecule has 0 amide bonds. The van der Waals surface area contributed by atoms with Crippen molar-refractivity contribution in [2.45, 2.75) is 56.8 Å². The molecule has 1 spiro atoms. The van der Waals surface area contributed by atoms with Crippen LogP contribution in [0.15, 0.2) is 224 Å². The minimum Gasteiger partial charge on any atom is -0.310 e. The lowest BCUT2D eigenvalue weighted by Crippen LogP contribution is -2.33. The van der Waals surface area contributed by atoms with Crippen molar-refractivity contribution in [3.63, 3.8) is 0 Å². The number of hydrogen-bond acceptors (Lipinski definition) is 1. The summed E-state index contributed by atoms with van der Waals surface area (Å²) in [5, 5.41) is 2.50. The van der Waals surface area contributed by atoms with Crippen LogP contribution < -0.4 is 4.90 Å². The second kappa shape index (κ2) is 15.1. The van der Waals surface area contributed by atoms with Gasteiger partial charge >= 0.3 is 0 Å². The molecule has 0 bridgehead atoms. The van der Waals surface area contributed by atoms with E-state index in [1.54, 1.807) is 0 Å². The maximum absolute atomic E-state index is 2.55. The molecule has 0 aliphatic heterocycles. The number of hydrogen-bond donors (Lipinski definition) is 0. The van der Waals surface area contributed by atoms with E-state index in [9.17, 15) is 0 Å². The van der Waals surface area contributed by atoms with Crippen molar-refractivity contribution in [1.82, 2.24) is 0 Å². The van der Waals surface area contributed by atoms with Gasteiger partial charge in [0, 0.05) is 16.9 Å². The molecule has 0 saturated carbocycles. The summed E-state index contributed by atoms with van der Waals surface area (Å²) in [5.74, 6) is 0. The number of nitrogens with zero attached hydrogens (tertiary/aromatic N) is 1. The zero-order valence-electron chi connectivity index (χ0n) is 39.2. The largest absolute Gasteiger partial charge is 0.310 e. The van der Waals surface area contributed by atoms with Gasteiger partial charge in [-0.05, 0) is 160 Å². The van der Waals surface area contributed by atoms with Crippen molar-refractivity contribution in [3.05, 3.63) is 258 Å². The molecule has 1 heteroatoms. The van der Waals surface area contributed by atoms with E-state index in [4.69, 9.17) is 0 Å². The molecule has 0 heterocycles. The number of benzene rings is 10. The smallest absolute Gasteiger partial charge is 0.0726 e. The van der Waals surface area contributed by atoms with Crippen LogP contribution in [0.5, 0.6) is 0 Å². The SMILES string of the molecule is CC1(C)CCC(C)(C)c2cc(-c3ccc(-c4cc5c(cc4N(c4ccccc4)c4ccc(-c6ccc7ccccc7c6)cc4)C4(c6ccccc6-c6ccccc64)c4ccccc4-5)cc3)ccc21. The molecular weight excluding hydrogens is 819 g/mol. The molecule has 0 fully saturated rings. The van der Waals surface area contributed by atoms with E-state index in [2.05, 4.69) is 257 Å². The van der Waals surface area contributed by atoms with Crippen LogP contribution in [-0.4, -0.2) is 0 Å². The van der Waals surface area contributed by atoms with Gasteiger partial charge in [-0.25, -0.2) is 0 Å². The molecule has 3 aliphatic carbocycles. The molecule has 0 unspecified atom stereocenters. The lowest BCUT2D eigenvalue weighted by Gasteiger charge is -2.42. The Labute approximate surface area is 401 Å². The van der Waals surface area contributed by atoms with Crippen molar-refractivity contribution in [1.29, 1.82) is 0 Å². The number of fused-ring (bicyclic) bond motifs is 12. The minimum absolute atomic E-state index is 0.142. The van der Waals surface area contributed by atoms with Gasteiger partial charge in [-0.3, -0.25) is 0 Å². The average Bonchev–Trinajstić information content (AvgIpc) is 3.85. The number of para-hydroxylation sites is 1. The van der Waals surface area contributed by atoms with Gasteiger partial charge in [-0.1, -0.05) is 210 Å². The van der Waals surface area contributed by atoms with Crippen molar-refractivity contribution in [2.24, 2.45) is 0 Å². The predicted octanol–water partition coefficient (Wildman–Crippen LogP) is 18.0. The van der Waals surface area contributed by atoms with Crippen LogP contribution in [-0.2, 0) is 16.2 Å². The normalized spacial score (nSPS) is 15.3. The van der Waals surface area contributed by atoms with Gasteiger partial charge in [0.15, 0.2) is 0 Å². The van der Waals surface area contributed by atoms with Gasteiger partial charge < -0.3 is 4.90 Å². The van der Waals surface area contributed by atoms with Crippen LogP contribution in [0.4, 0.5) is 17.1 Å². The first-order valence-electron chi connectivity index (χ1n) is 24.4. The molecule has 68 heavy (non-hydrogen) atoms. The molecule has 10 aromatic carbocycles. The van der Waals surface area contributed by atoms with E-state index < -0.39 is 5.41 Å². The highest BCUT2D eigenvalue weighted by Gasteiger charge is 2.52. The minimum atomic E-state index is -0.479. The van der Waals surface area contributed by atoms with Gasteiger partial charge in [0.05, 0.1) is 11.1 Å². The standard InChI is InChI=1S/C67H53N/c1-65(2)38-39-66(3,4)63-41-50(34-37-61(63)65)45-26-29-47(30-27-45)56-42-57-55-22-12-15-25-60(55)67(58-23-13-10-20-53(58)54-21-11-14-24-59(54)67)62(57)43-64(56)68(51-18-6-5-7-19-51)52-35-32-46(33-36-52)49-31-28-44-16-8-9-17-48(44)40-49/h5-37,40-43H,38-39H2,1-4H3. The molecule has 0 radical (unpaired) electrons. The van der Waals surface area contributed by atoms with Gasteiger partial charge in [-0.15, -0.1) is 0 Å². The summed E-state index contributed by atoms with van der Waals surface area (Å²) in [6, 6.07) is 84.6. The van der Waals surface area contributed by atoms with Crippen LogP contribution in [0.2, 0.25) is 0 Å². The third-order valence-electron chi connectivity index (χ3n) is 16.0. The van der Waals surface area contributed by atoms with Gasteiger partial charge in [0.25, 0.3) is 0 Å². The van der Waals surface area contributed by atoms with E-state index in [1.165, 1.54) is 113 Å². The molecule has 1 nitrogen and oxygen atoms in total. The lowest BCUT2D eigenvalue weighted by atomic mass is 9.63. The second-order valence-electron chi connectivity index (χ2n) is 20.7. The fourth-order valence-electron chi connectivity index (χ4n) is 12.3. The first-order valence-corrected chi connectivity index (χ1v) is 24.4. The second-order valence-corrected chi connectivity index (χ2v) is 20.7. The molecule has 0 saturated heterocycles. The monoisotopic (exact) mass is 871 g/mol. The van der Waals surface area contributed by atoms with Crippen molar-refractivity contribution < 1.29 is 0 Å². The Hall–Kier alpha value is -7.74. The van der Waals surface area contributed by atoms with Crippen molar-refractivity contribution in [3.8, 4) is 55.6 Å². The first kappa shape index (κ1) is 40.5. The summed E-state index contributed by atoms with van der Waals surface area (Å²) in [5.41, 5.74) is 24.1. The molecule has 13 rings (SSSR count). The van der Waals surface area contributed by atoms with Gasteiger partial charge in [-0.2, -0.15) is 0 Å². The number of anilines is 3. The third kappa shape index (κ3) is 6.08. The Bertz CT molecular complexity index is 3560. The molecular formula is C67H53N. The molecule has 10 aromatic rings. The van der Waals surface area contributed by atoms with Crippen LogP contribution in [0, 0.1) is 0 Å². The Morgan fingerprint density at radius 2 is 0.765 bits per heavy atom. The fraction of sp³-hybridized carbons (Fsp3) is 0.134. The highest BCUT2D eigenvalue weighted by molar-refractivity contribution is 6.00. The van der Waals surface area contributed by atoms with E-state index in [0.717, 1.165) is 17.1 Å². The Morgan fingerprint density at radius 3 is 1.41 bits per heavy atom. The van der Waals surface area contributed by atoms with E-state index in [-0.39, 0.29) is 10.8 Å². The highest BCUT2D eigenvalue weighted by Crippen LogP contribution is 2.64. The first-order chi connectivity index (χ1) is 33.2. The highest BCUT2D eigenvalue weighted by atomic mass is 15.1. The third-order valence-corrected chi connectivity index (χ3v) is 16.0. The zero-order valence-corrected chi connectivity index (χ0v) is 39.2. The summed E-state index contributed by atoms with van der Waals surface area (Å²) in [7, 11) is 0. The molecule has 0 atom stereocenters. The maximum atomic E-state index is 2.55. The van der Waals surface area contributed by atoms with E-state index in [1.807, 2.05) is 0 Å². The lowest BCUT2D eigenvalue weighted by molar-refractivity contribution is 0.332. The van der Waals surface area contributed by atoms with Crippen LogP contribution >= 0.6 is 0 Å². The zero-order chi connectivity index (χ0) is 45.8. The summed E-state index contributed by atoms with van der Waals surface area (Å²) < 4.78 is 0. The molecule has 0 aromatic heterocycles. The van der Waals surface area contributed by atoms with Crippen molar-refractivity contribution >= 4 is 27.8 Å². The van der Waals surface area contributed by atoms with Crippen LogP contribution in [0.1, 0.15) is 73.9 Å². The quantitative estimate of drug-likeness (QED) is 0.161. The Balaban J connectivity index is 1.03. The Kier molecular flexibility index (Phi) is 9.02. The average molecular weight is 872 g/mol. The van der Waals surface area contributed by atoms with Crippen molar-refractivity contribution in [2.75, 3.05) is 4.90 Å². The van der Waals surface area contributed by atoms with E-state index >= 15 is 0 Å². The van der Waals surface area contributed by atoms with Gasteiger partial charge in [0.1, 0.15) is 0 Å². The summed E-state index contributed by atoms with van der Waals surface area (Å²) >= 11 is 0. The number of rotatable bonds is 6. The Morgan fingerprint density at radius 1 is 0.294 bits per heavy atom. The van der Waals surface area contributed by atoms with Crippen LogP contribution in [0.3, 0.4) is 0 Å². The van der Waals surface area contributed by atoms with Crippen LogP contribution in [0.25, 0.3) is 66.4 Å². The van der Waals surface area contributed by atoms with Gasteiger partial charge in [0.2, 0.25) is 0 Å². The van der Waals surface area contributed by atoms with E-state index in [0.29, 0.717) is 0 Å². The summed E-state index contributed by atoms with van der Waals surface area (Å²) in [4.78, 5) is 2.49. The molecule has 0 N–H and O–H groups in total. The summed E-state index contributed by atoms with van der Waals surface area (Å²) in [6.07, 6.45) is 2.41. The predicted molar refractivity (Wildman–Crippen MR) is 287 cm³/mol. The maximum Gasteiger partial charge on any atom is 0.0726 e.